The highest BCUT2D eigenvalue weighted by molar-refractivity contribution is 14.0. The number of aliphatic imine (C=N–C) groups is 1. The van der Waals surface area contributed by atoms with E-state index in [4.69, 9.17) is 9.47 Å². The summed E-state index contributed by atoms with van der Waals surface area (Å²) in [7, 11) is 5.00. The monoisotopic (exact) mass is 499 g/mol. The van der Waals surface area contributed by atoms with Crippen LogP contribution in [0.15, 0.2) is 4.99 Å². The summed E-state index contributed by atoms with van der Waals surface area (Å²) in [4.78, 5) is 17.8. The van der Waals surface area contributed by atoms with Crippen molar-refractivity contribution in [1.82, 2.24) is 10.2 Å². The lowest BCUT2D eigenvalue weighted by atomic mass is 10.1. The number of rotatable bonds is 12. The maximum absolute atomic E-state index is 11.0. The van der Waals surface area contributed by atoms with E-state index in [9.17, 15) is 4.79 Å². The summed E-state index contributed by atoms with van der Waals surface area (Å²) >= 11 is 0. The fourth-order valence-corrected chi connectivity index (χ4v) is 3.07. The fourth-order valence-electron chi connectivity index (χ4n) is 3.07. The largest absolute Gasteiger partial charge is 0.469 e. The Morgan fingerprint density at radius 1 is 1.07 bits per heavy atom. The Bertz CT molecular complexity index is 402. The van der Waals surface area contributed by atoms with E-state index in [0.717, 1.165) is 83.8 Å². The zero-order valence-corrected chi connectivity index (χ0v) is 19.5. The molecule has 0 amide bonds. The van der Waals surface area contributed by atoms with Gasteiger partial charge in [-0.15, -0.1) is 24.0 Å². The maximum atomic E-state index is 11.0. The van der Waals surface area contributed by atoms with Crippen LogP contribution >= 0.6 is 24.0 Å². The van der Waals surface area contributed by atoms with Crippen molar-refractivity contribution in [2.75, 3.05) is 54.1 Å². The van der Waals surface area contributed by atoms with Gasteiger partial charge in [-0.3, -0.25) is 9.79 Å². The average molecular weight is 499 g/mol. The van der Waals surface area contributed by atoms with E-state index < -0.39 is 0 Å². The van der Waals surface area contributed by atoms with Gasteiger partial charge in [-0.2, -0.15) is 0 Å². The SMILES string of the molecule is CN=C(NCCCCCCC(=O)OC)N1CCC(OCCCOC)CC1.I. The molecule has 0 unspecified atom stereocenters. The summed E-state index contributed by atoms with van der Waals surface area (Å²) in [6.07, 6.45) is 8.07. The van der Waals surface area contributed by atoms with Gasteiger partial charge < -0.3 is 24.4 Å². The number of guanidine groups is 1. The highest BCUT2D eigenvalue weighted by Gasteiger charge is 2.21. The lowest BCUT2D eigenvalue weighted by Gasteiger charge is -2.34. The van der Waals surface area contributed by atoms with Gasteiger partial charge in [0.05, 0.1) is 13.2 Å². The first-order chi connectivity index (χ1) is 12.7. The molecule has 0 aromatic rings. The molecule has 0 aromatic carbocycles. The van der Waals surface area contributed by atoms with E-state index in [1.165, 1.54) is 7.11 Å². The van der Waals surface area contributed by atoms with E-state index >= 15 is 0 Å². The molecule has 0 atom stereocenters. The molecule has 1 rings (SSSR count). The third-order valence-corrected chi connectivity index (χ3v) is 4.62. The number of hydrogen-bond acceptors (Lipinski definition) is 5. The average Bonchev–Trinajstić information content (AvgIpc) is 2.68. The summed E-state index contributed by atoms with van der Waals surface area (Å²) in [6, 6.07) is 0. The lowest BCUT2D eigenvalue weighted by molar-refractivity contribution is -0.140. The van der Waals surface area contributed by atoms with Crippen molar-refractivity contribution in [3.05, 3.63) is 0 Å². The topological polar surface area (TPSA) is 72.4 Å². The lowest BCUT2D eigenvalue weighted by Crippen LogP contribution is -2.47. The van der Waals surface area contributed by atoms with Crippen LogP contribution in [0.25, 0.3) is 0 Å². The number of carbonyl (C=O) groups excluding carboxylic acids is 1. The third-order valence-electron chi connectivity index (χ3n) is 4.62. The van der Waals surface area contributed by atoms with E-state index in [2.05, 4.69) is 19.9 Å². The minimum absolute atomic E-state index is 0. The zero-order chi connectivity index (χ0) is 19.0. The normalized spacial score (nSPS) is 15.4. The van der Waals surface area contributed by atoms with Gasteiger partial charge >= 0.3 is 5.97 Å². The van der Waals surface area contributed by atoms with Crippen molar-refractivity contribution in [2.24, 2.45) is 4.99 Å². The van der Waals surface area contributed by atoms with Gasteiger partial charge in [0.15, 0.2) is 5.96 Å². The number of unbranched alkanes of at least 4 members (excludes halogenated alkanes) is 3. The van der Waals surface area contributed by atoms with Gasteiger partial charge in [-0.1, -0.05) is 12.8 Å². The predicted octanol–water partition coefficient (Wildman–Crippen LogP) is 2.82. The molecule has 1 fully saturated rings. The molecule has 160 valence electrons. The number of nitrogens with zero attached hydrogens (tertiary/aromatic N) is 2. The van der Waals surface area contributed by atoms with Crippen LogP contribution in [0, 0.1) is 0 Å². The summed E-state index contributed by atoms with van der Waals surface area (Å²) in [6.45, 7) is 4.42. The van der Waals surface area contributed by atoms with E-state index in [-0.39, 0.29) is 29.9 Å². The van der Waals surface area contributed by atoms with E-state index in [1.54, 1.807) is 7.11 Å². The van der Waals surface area contributed by atoms with Gasteiger partial charge in [0.2, 0.25) is 0 Å². The molecule has 1 N–H and O–H groups in total. The Hall–Kier alpha value is -0.610. The van der Waals surface area contributed by atoms with Crippen LogP contribution in [0.3, 0.4) is 0 Å². The molecule has 0 aliphatic carbocycles. The molecule has 1 heterocycles. The number of piperidine rings is 1. The van der Waals surface area contributed by atoms with Crippen LogP contribution < -0.4 is 5.32 Å². The minimum Gasteiger partial charge on any atom is -0.469 e. The number of likely N-dealkylation sites (tertiary alicyclic amines) is 1. The number of ether oxygens (including phenoxy) is 3. The summed E-state index contributed by atoms with van der Waals surface area (Å²) in [5, 5.41) is 3.45. The molecule has 0 saturated carbocycles. The second kappa shape index (κ2) is 17.5. The minimum atomic E-state index is -0.116. The third kappa shape index (κ3) is 12.5. The molecule has 0 bridgehead atoms. The highest BCUT2D eigenvalue weighted by Crippen LogP contribution is 2.14. The van der Waals surface area contributed by atoms with Crippen LogP contribution in [0.5, 0.6) is 0 Å². The van der Waals surface area contributed by atoms with Crippen LogP contribution in [0.1, 0.15) is 51.4 Å². The van der Waals surface area contributed by atoms with Crippen molar-refractivity contribution >= 4 is 35.9 Å². The summed E-state index contributed by atoms with van der Waals surface area (Å²) in [5.74, 6) is 0.868. The van der Waals surface area contributed by atoms with Crippen LogP contribution in [0.2, 0.25) is 0 Å². The standard InChI is InChI=1S/C19H37N3O4.HI/c1-20-19(21-12-7-5-4-6-9-18(23)25-3)22-13-10-17(11-14-22)26-16-8-15-24-2;/h17H,4-16H2,1-3H3,(H,20,21);1H. The van der Waals surface area contributed by atoms with E-state index in [1.807, 2.05) is 7.05 Å². The van der Waals surface area contributed by atoms with Crippen molar-refractivity contribution in [3.8, 4) is 0 Å². The van der Waals surface area contributed by atoms with Crippen molar-refractivity contribution in [2.45, 2.75) is 57.5 Å². The quantitative estimate of drug-likeness (QED) is 0.146. The van der Waals surface area contributed by atoms with Crippen LogP contribution in [-0.4, -0.2) is 77.0 Å². The van der Waals surface area contributed by atoms with Crippen LogP contribution in [-0.2, 0) is 19.0 Å². The molecule has 7 nitrogen and oxygen atoms in total. The highest BCUT2D eigenvalue weighted by atomic mass is 127. The number of halogens is 1. The first-order valence-electron chi connectivity index (χ1n) is 9.84. The summed E-state index contributed by atoms with van der Waals surface area (Å²) in [5.41, 5.74) is 0. The first-order valence-corrected chi connectivity index (χ1v) is 9.84. The maximum Gasteiger partial charge on any atom is 0.305 e. The molecule has 0 aromatic heterocycles. The Morgan fingerprint density at radius 3 is 2.41 bits per heavy atom. The molecule has 1 saturated heterocycles. The molecular weight excluding hydrogens is 461 g/mol. The number of hydrogen-bond donors (Lipinski definition) is 1. The fraction of sp³-hybridized carbons (Fsp3) is 0.895. The van der Waals surface area contributed by atoms with Crippen molar-refractivity contribution in [3.63, 3.8) is 0 Å². The number of nitrogens with one attached hydrogen (secondary N) is 1. The second-order valence-electron chi connectivity index (χ2n) is 6.62. The molecule has 1 aliphatic heterocycles. The Kier molecular flexibility index (Phi) is 17.1. The molecule has 27 heavy (non-hydrogen) atoms. The second-order valence-corrected chi connectivity index (χ2v) is 6.62. The smallest absolute Gasteiger partial charge is 0.305 e. The zero-order valence-electron chi connectivity index (χ0n) is 17.2. The molecule has 0 spiro atoms. The van der Waals surface area contributed by atoms with Crippen molar-refractivity contribution < 1.29 is 19.0 Å². The summed E-state index contributed by atoms with van der Waals surface area (Å²) < 4.78 is 15.6. The first kappa shape index (κ1) is 26.4. The molecule has 1 aliphatic rings. The van der Waals surface area contributed by atoms with Gasteiger partial charge in [0.1, 0.15) is 0 Å². The van der Waals surface area contributed by atoms with Crippen LogP contribution in [0.4, 0.5) is 0 Å². The van der Waals surface area contributed by atoms with Gasteiger partial charge in [0, 0.05) is 53.4 Å². The van der Waals surface area contributed by atoms with Gasteiger partial charge in [-0.25, -0.2) is 0 Å². The van der Waals surface area contributed by atoms with Gasteiger partial charge in [-0.05, 0) is 32.1 Å². The number of carbonyl (C=O) groups is 1. The number of esters is 1. The Balaban J connectivity index is 0.00000676. The molecule has 0 radical (unpaired) electrons. The number of methoxy groups -OCH3 is 2. The Morgan fingerprint density at radius 2 is 1.78 bits per heavy atom. The Labute approximate surface area is 181 Å². The molecular formula is C19H38IN3O4. The van der Waals surface area contributed by atoms with E-state index in [0.29, 0.717) is 12.5 Å². The predicted molar refractivity (Wildman–Crippen MR) is 119 cm³/mol. The van der Waals surface area contributed by atoms with Gasteiger partial charge in [0.25, 0.3) is 0 Å². The van der Waals surface area contributed by atoms with Crippen molar-refractivity contribution in [1.29, 1.82) is 0 Å². The molecule has 8 heteroatoms.